The maximum atomic E-state index is 11.9. The van der Waals surface area contributed by atoms with Gasteiger partial charge in [-0.3, -0.25) is 0 Å². The summed E-state index contributed by atoms with van der Waals surface area (Å²) in [5.74, 6) is 0. The Labute approximate surface area is 118 Å². The number of nitrogens with one attached hydrogen (secondary N) is 2. The summed E-state index contributed by atoms with van der Waals surface area (Å²) in [7, 11) is -3.79. The lowest BCUT2D eigenvalue weighted by atomic mass is 10.3. The maximum Gasteiger partial charge on any atom is 0.328 e. The fraction of sp³-hybridized carbons (Fsp3) is 0.417. The highest BCUT2D eigenvalue weighted by atomic mass is 32.2. The normalized spacial score (nSPS) is 11.1. The molecule has 0 spiro atoms. The van der Waals surface area contributed by atoms with Crippen LogP contribution in [0, 0.1) is 0 Å². The van der Waals surface area contributed by atoms with Crippen molar-refractivity contribution >= 4 is 27.8 Å². The highest BCUT2D eigenvalue weighted by molar-refractivity contribution is 7.98. The zero-order valence-corrected chi connectivity index (χ0v) is 12.6. The number of amides is 2. The lowest BCUT2D eigenvalue weighted by Gasteiger charge is -2.08. The van der Waals surface area contributed by atoms with Crippen LogP contribution in [0.3, 0.4) is 0 Å². The molecule has 0 heterocycles. The first-order valence-corrected chi connectivity index (χ1v) is 8.65. The third kappa shape index (κ3) is 5.12. The second-order valence-electron chi connectivity index (χ2n) is 3.89. The minimum Gasteiger partial charge on any atom is -0.337 e. The van der Waals surface area contributed by atoms with Gasteiger partial charge in [0.1, 0.15) is 0 Å². The Balaban J connectivity index is 2.66. The van der Waals surface area contributed by atoms with Gasteiger partial charge in [0, 0.05) is 11.4 Å². The Morgan fingerprint density at radius 3 is 2.42 bits per heavy atom. The van der Waals surface area contributed by atoms with Gasteiger partial charge in [-0.15, -0.1) is 11.8 Å². The number of carbonyl (C=O) groups excluding carboxylic acids is 1. The smallest absolute Gasteiger partial charge is 0.328 e. The van der Waals surface area contributed by atoms with E-state index in [2.05, 4.69) is 5.32 Å². The van der Waals surface area contributed by atoms with E-state index in [0.29, 0.717) is 6.54 Å². The molecular formula is C12H18N2O3S2. The molecule has 106 valence electrons. The number of hydrogen-bond donors (Lipinski definition) is 2. The molecule has 5 nitrogen and oxygen atoms in total. The fourth-order valence-corrected chi connectivity index (χ4v) is 2.69. The molecule has 19 heavy (non-hydrogen) atoms. The third-order valence-electron chi connectivity index (χ3n) is 2.41. The number of unbranched alkanes of at least 4 members (excludes halogenated alkanes) is 1. The van der Waals surface area contributed by atoms with Crippen molar-refractivity contribution in [3.8, 4) is 0 Å². The number of thioether (sulfide) groups is 1. The minimum atomic E-state index is -3.79. The molecule has 1 rings (SSSR count). The van der Waals surface area contributed by atoms with Crippen LogP contribution < -0.4 is 10.0 Å². The van der Waals surface area contributed by atoms with Gasteiger partial charge in [0.2, 0.25) is 0 Å². The van der Waals surface area contributed by atoms with E-state index in [0.717, 1.165) is 17.7 Å². The lowest BCUT2D eigenvalue weighted by molar-refractivity contribution is 0.245. The van der Waals surface area contributed by atoms with Crippen molar-refractivity contribution in [2.75, 3.05) is 12.8 Å². The summed E-state index contributed by atoms with van der Waals surface area (Å²) in [6.45, 7) is 2.45. The monoisotopic (exact) mass is 302 g/mol. The van der Waals surface area contributed by atoms with Gasteiger partial charge in [0.25, 0.3) is 10.0 Å². The molecule has 0 aliphatic rings. The van der Waals surface area contributed by atoms with Gasteiger partial charge < -0.3 is 5.32 Å². The highest BCUT2D eigenvalue weighted by Crippen LogP contribution is 2.17. The summed E-state index contributed by atoms with van der Waals surface area (Å²) in [4.78, 5) is 12.5. The Kier molecular flexibility index (Phi) is 6.17. The van der Waals surface area contributed by atoms with Crippen LogP contribution in [0.4, 0.5) is 4.79 Å². The van der Waals surface area contributed by atoms with Crippen molar-refractivity contribution < 1.29 is 13.2 Å². The zero-order valence-electron chi connectivity index (χ0n) is 11.0. The predicted octanol–water partition coefficient (Wildman–Crippen LogP) is 2.20. The molecule has 0 fully saturated rings. The van der Waals surface area contributed by atoms with Crippen LogP contribution in [0.15, 0.2) is 34.1 Å². The van der Waals surface area contributed by atoms with Gasteiger partial charge in [-0.25, -0.2) is 17.9 Å². The SMILES string of the molecule is CCCCNC(=O)NS(=O)(=O)c1ccc(SC)cc1. The van der Waals surface area contributed by atoms with Gasteiger partial charge in [-0.05, 0) is 36.9 Å². The van der Waals surface area contributed by atoms with Crippen molar-refractivity contribution in [1.29, 1.82) is 0 Å². The molecule has 2 N–H and O–H groups in total. The number of benzene rings is 1. The Morgan fingerprint density at radius 1 is 1.26 bits per heavy atom. The van der Waals surface area contributed by atoms with Crippen LogP contribution in [-0.2, 0) is 10.0 Å². The molecular weight excluding hydrogens is 284 g/mol. The Morgan fingerprint density at radius 2 is 1.89 bits per heavy atom. The number of sulfonamides is 1. The van der Waals surface area contributed by atoms with E-state index in [4.69, 9.17) is 0 Å². The van der Waals surface area contributed by atoms with E-state index in [9.17, 15) is 13.2 Å². The Bertz CT molecular complexity index is 512. The molecule has 0 saturated heterocycles. The van der Waals surface area contributed by atoms with E-state index in [1.165, 1.54) is 23.9 Å². The first kappa shape index (κ1) is 15.8. The van der Waals surface area contributed by atoms with Gasteiger partial charge in [-0.2, -0.15) is 0 Å². The molecule has 1 aromatic rings. The lowest BCUT2D eigenvalue weighted by Crippen LogP contribution is -2.39. The van der Waals surface area contributed by atoms with Gasteiger partial charge >= 0.3 is 6.03 Å². The fourth-order valence-electron chi connectivity index (χ4n) is 1.35. The summed E-state index contributed by atoms with van der Waals surface area (Å²) in [5.41, 5.74) is 0. The molecule has 0 aromatic heterocycles. The summed E-state index contributed by atoms with van der Waals surface area (Å²) in [6.07, 6.45) is 3.65. The topological polar surface area (TPSA) is 75.3 Å². The molecule has 0 radical (unpaired) electrons. The molecule has 0 unspecified atom stereocenters. The van der Waals surface area contributed by atoms with Crippen LogP contribution in [0.2, 0.25) is 0 Å². The van der Waals surface area contributed by atoms with Crippen molar-refractivity contribution in [1.82, 2.24) is 10.0 Å². The van der Waals surface area contributed by atoms with Gasteiger partial charge in [-0.1, -0.05) is 13.3 Å². The van der Waals surface area contributed by atoms with Crippen molar-refractivity contribution in [2.24, 2.45) is 0 Å². The van der Waals surface area contributed by atoms with Crippen LogP contribution >= 0.6 is 11.8 Å². The quantitative estimate of drug-likeness (QED) is 0.624. The average molecular weight is 302 g/mol. The first-order chi connectivity index (χ1) is 8.99. The Hall–Kier alpha value is -1.21. The van der Waals surface area contributed by atoms with Crippen LogP contribution in [0.1, 0.15) is 19.8 Å². The molecule has 0 atom stereocenters. The van der Waals surface area contributed by atoms with Gasteiger partial charge in [0.15, 0.2) is 0 Å². The summed E-state index contributed by atoms with van der Waals surface area (Å²) < 4.78 is 25.8. The number of rotatable bonds is 6. The van der Waals surface area contributed by atoms with E-state index in [-0.39, 0.29) is 4.90 Å². The van der Waals surface area contributed by atoms with Crippen molar-refractivity contribution in [3.05, 3.63) is 24.3 Å². The minimum absolute atomic E-state index is 0.0796. The molecule has 0 saturated carbocycles. The second kappa shape index (κ2) is 7.40. The molecule has 1 aromatic carbocycles. The summed E-state index contributed by atoms with van der Waals surface area (Å²) >= 11 is 1.52. The van der Waals surface area contributed by atoms with Crippen LogP contribution in [0.25, 0.3) is 0 Å². The zero-order chi connectivity index (χ0) is 14.3. The second-order valence-corrected chi connectivity index (χ2v) is 6.45. The standard InChI is InChI=1S/C12H18N2O3S2/c1-3-4-9-13-12(15)14-19(16,17)11-7-5-10(18-2)6-8-11/h5-8H,3-4,9H2,1-2H3,(H2,13,14,15). The van der Waals surface area contributed by atoms with Crippen molar-refractivity contribution in [2.45, 2.75) is 29.6 Å². The molecule has 0 aliphatic heterocycles. The van der Waals surface area contributed by atoms with Gasteiger partial charge in [0.05, 0.1) is 4.90 Å². The molecule has 7 heteroatoms. The predicted molar refractivity (Wildman–Crippen MR) is 76.9 cm³/mol. The van der Waals surface area contributed by atoms with E-state index < -0.39 is 16.1 Å². The number of hydrogen-bond acceptors (Lipinski definition) is 4. The van der Waals surface area contributed by atoms with E-state index in [1.807, 2.05) is 17.9 Å². The van der Waals surface area contributed by atoms with E-state index in [1.54, 1.807) is 12.1 Å². The molecule has 2 amide bonds. The summed E-state index contributed by atoms with van der Waals surface area (Å²) in [5, 5.41) is 2.50. The molecule has 0 aliphatic carbocycles. The number of urea groups is 1. The largest absolute Gasteiger partial charge is 0.337 e. The first-order valence-electron chi connectivity index (χ1n) is 5.94. The highest BCUT2D eigenvalue weighted by Gasteiger charge is 2.16. The van der Waals surface area contributed by atoms with Crippen LogP contribution in [0.5, 0.6) is 0 Å². The summed E-state index contributed by atoms with van der Waals surface area (Å²) in [6, 6.07) is 5.67. The van der Waals surface area contributed by atoms with Crippen LogP contribution in [-0.4, -0.2) is 27.2 Å². The number of carbonyl (C=O) groups is 1. The molecule has 0 bridgehead atoms. The van der Waals surface area contributed by atoms with E-state index >= 15 is 0 Å². The maximum absolute atomic E-state index is 11.9. The van der Waals surface area contributed by atoms with Crippen molar-refractivity contribution in [3.63, 3.8) is 0 Å². The third-order valence-corrected chi connectivity index (χ3v) is 4.50. The average Bonchev–Trinajstić information content (AvgIpc) is 2.38.